The molecule has 41 heavy (non-hydrogen) atoms. The minimum Gasteiger partial charge on any atom is -0.494 e. The van der Waals surface area contributed by atoms with E-state index in [9.17, 15) is 14.7 Å². The summed E-state index contributed by atoms with van der Waals surface area (Å²) in [5, 5.41) is 15.4. The molecule has 0 atom stereocenters. The van der Waals surface area contributed by atoms with E-state index in [0.717, 1.165) is 28.6 Å². The summed E-state index contributed by atoms with van der Waals surface area (Å²) < 4.78 is 5.34. The molecule has 0 aliphatic carbocycles. The Morgan fingerprint density at radius 2 is 1.83 bits per heavy atom. The van der Waals surface area contributed by atoms with Gasteiger partial charge in [-0.25, -0.2) is 4.99 Å². The molecule has 0 bridgehead atoms. The summed E-state index contributed by atoms with van der Waals surface area (Å²) in [4.78, 5) is 34.0. The molecule has 1 fully saturated rings. The van der Waals surface area contributed by atoms with Crippen molar-refractivity contribution in [1.29, 1.82) is 0 Å². The number of halogens is 1. The van der Waals surface area contributed by atoms with Gasteiger partial charge >= 0.3 is 5.97 Å². The Hall–Kier alpha value is -4.14. The molecule has 2 heterocycles. The smallest absolute Gasteiger partial charge is 0.320 e. The molecular formula is C32H33ClN4O4. The molecule has 3 N–H and O–H groups in total. The lowest BCUT2D eigenvalue weighted by Gasteiger charge is -2.19. The highest BCUT2D eigenvalue weighted by molar-refractivity contribution is 6.31. The second-order valence-electron chi connectivity index (χ2n) is 11.1. The molecule has 0 unspecified atom stereocenters. The first-order valence-corrected chi connectivity index (χ1v) is 14.0. The molecule has 3 aromatic carbocycles. The summed E-state index contributed by atoms with van der Waals surface area (Å²) >= 11 is 6.20. The molecule has 0 spiro atoms. The molecule has 1 aromatic heterocycles. The van der Waals surface area contributed by atoms with Gasteiger partial charge in [0.05, 0.1) is 29.0 Å². The van der Waals surface area contributed by atoms with Crippen molar-refractivity contribution < 1.29 is 19.4 Å². The number of nitrogens with zero attached hydrogens (tertiary/aromatic N) is 2. The average molecular weight is 573 g/mol. The maximum atomic E-state index is 12.2. The van der Waals surface area contributed by atoms with Crippen LogP contribution in [0.4, 0.5) is 11.4 Å². The highest BCUT2D eigenvalue weighted by Crippen LogP contribution is 2.33. The lowest BCUT2D eigenvalue weighted by Crippen LogP contribution is -2.31. The SMILES string of the molecule is CC(C)(C)OC(=O)CNCc1ccc(N=C(c2ccc(N3CCCC3=O)cc2)c2c(O)[nH]c3cc(Cl)ccc23)cc1. The fraction of sp³-hybridized carbons (Fsp3) is 0.281. The number of fused-ring (bicyclic) bond motifs is 1. The van der Waals surface area contributed by atoms with Crippen molar-refractivity contribution in [3.63, 3.8) is 0 Å². The third-order valence-corrected chi connectivity index (χ3v) is 6.93. The number of esters is 1. The molecule has 8 nitrogen and oxygen atoms in total. The zero-order valence-electron chi connectivity index (χ0n) is 23.3. The Morgan fingerprint density at radius 1 is 1.10 bits per heavy atom. The highest BCUT2D eigenvalue weighted by atomic mass is 35.5. The van der Waals surface area contributed by atoms with Crippen LogP contribution in [-0.2, 0) is 20.9 Å². The molecule has 9 heteroatoms. The summed E-state index contributed by atoms with van der Waals surface area (Å²) in [5.41, 5.74) is 4.62. The minimum atomic E-state index is -0.520. The summed E-state index contributed by atoms with van der Waals surface area (Å²) in [5.74, 6) is -0.190. The Kier molecular flexibility index (Phi) is 8.15. The number of aromatic amines is 1. The maximum absolute atomic E-state index is 12.2. The van der Waals surface area contributed by atoms with E-state index >= 15 is 0 Å². The molecule has 4 aromatic rings. The first kappa shape index (κ1) is 28.4. The Labute approximate surface area is 244 Å². The molecule has 1 aliphatic rings. The number of aromatic hydroxyl groups is 1. The van der Waals surface area contributed by atoms with Gasteiger partial charge in [0, 0.05) is 41.2 Å². The number of benzene rings is 3. The third-order valence-electron chi connectivity index (χ3n) is 6.70. The predicted octanol–water partition coefficient (Wildman–Crippen LogP) is 6.25. The fourth-order valence-corrected chi connectivity index (χ4v) is 5.06. The van der Waals surface area contributed by atoms with E-state index in [2.05, 4.69) is 10.3 Å². The average Bonchev–Trinajstić information content (AvgIpc) is 3.49. The minimum absolute atomic E-state index is 0.0113. The van der Waals surface area contributed by atoms with Gasteiger partial charge in [0.2, 0.25) is 5.91 Å². The number of rotatable bonds is 8. The van der Waals surface area contributed by atoms with Crippen molar-refractivity contribution in [2.75, 3.05) is 18.0 Å². The second kappa shape index (κ2) is 11.8. The van der Waals surface area contributed by atoms with Crippen molar-refractivity contribution in [3.8, 4) is 5.88 Å². The summed E-state index contributed by atoms with van der Waals surface area (Å²) in [6.45, 7) is 6.84. The number of carbonyl (C=O) groups is 2. The van der Waals surface area contributed by atoms with Crippen LogP contribution in [0.3, 0.4) is 0 Å². The monoisotopic (exact) mass is 572 g/mol. The van der Waals surface area contributed by atoms with Gasteiger partial charge in [-0.2, -0.15) is 0 Å². The number of aliphatic imine (C=N–C) groups is 1. The lowest BCUT2D eigenvalue weighted by atomic mass is 10.00. The predicted molar refractivity (Wildman–Crippen MR) is 162 cm³/mol. The van der Waals surface area contributed by atoms with Crippen molar-refractivity contribution in [1.82, 2.24) is 10.3 Å². The normalized spacial score (nSPS) is 14.2. The largest absolute Gasteiger partial charge is 0.494 e. The molecule has 0 radical (unpaired) electrons. The van der Waals surface area contributed by atoms with Crippen molar-refractivity contribution in [2.45, 2.75) is 45.8 Å². The molecule has 5 rings (SSSR count). The van der Waals surface area contributed by atoms with Crippen LogP contribution < -0.4 is 10.2 Å². The molecule has 1 aliphatic heterocycles. The van der Waals surface area contributed by atoms with E-state index in [0.29, 0.717) is 47.0 Å². The van der Waals surface area contributed by atoms with Crippen LogP contribution in [-0.4, -0.2) is 46.4 Å². The maximum Gasteiger partial charge on any atom is 0.320 e. The number of amides is 1. The Bertz CT molecular complexity index is 1600. The van der Waals surface area contributed by atoms with Crippen LogP contribution >= 0.6 is 11.6 Å². The summed E-state index contributed by atoms with van der Waals surface area (Å²) in [7, 11) is 0. The van der Waals surface area contributed by atoms with Gasteiger partial charge in [-0.3, -0.25) is 9.59 Å². The van der Waals surface area contributed by atoms with E-state index in [1.807, 2.05) is 75.4 Å². The van der Waals surface area contributed by atoms with Gasteiger partial charge in [-0.1, -0.05) is 41.9 Å². The zero-order chi connectivity index (χ0) is 29.1. The van der Waals surface area contributed by atoms with Crippen LogP contribution in [0.2, 0.25) is 5.02 Å². The number of H-pyrrole nitrogens is 1. The van der Waals surface area contributed by atoms with Crippen LogP contribution in [0, 0.1) is 0 Å². The van der Waals surface area contributed by atoms with Crippen LogP contribution in [0.25, 0.3) is 10.9 Å². The van der Waals surface area contributed by atoms with Crippen LogP contribution in [0.15, 0.2) is 71.7 Å². The number of hydrogen-bond donors (Lipinski definition) is 3. The molecule has 0 saturated carbocycles. The molecule has 212 valence electrons. The summed E-state index contributed by atoms with van der Waals surface area (Å²) in [6, 6.07) is 20.7. The first-order chi connectivity index (χ1) is 19.6. The van der Waals surface area contributed by atoms with E-state index in [-0.39, 0.29) is 24.3 Å². The van der Waals surface area contributed by atoms with Gasteiger partial charge < -0.3 is 25.0 Å². The van der Waals surface area contributed by atoms with Gasteiger partial charge in [-0.15, -0.1) is 0 Å². The number of nitrogens with one attached hydrogen (secondary N) is 2. The number of carbonyl (C=O) groups excluding carboxylic acids is 2. The number of aromatic nitrogens is 1. The second-order valence-corrected chi connectivity index (χ2v) is 11.5. The quantitative estimate of drug-likeness (QED) is 0.171. The molecular weight excluding hydrogens is 540 g/mol. The van der Waals surface area contributed by atoms with E-state index in [1.165, 1.54) is 0 Å². The van der Waals surface area contributed by atoms with E-state index in [1.54, 1.807) is 17.0 Å². The van der Waals surface area contributed by atoms with Crippen molar-refractivity contribution in [3.05, 3.63) is 88.4 Å². The van der Waals surface area contributed by atoms with E-state index in [4.69, 9.17) is 21.3 Å². The molecule has 1 saturated heterocycles. The number of anilines is 1. The van der Waals surface area contributed by atoms with Gasteiger partial charge in [0.1, 0.15) is 5.60 Å². The first-order valence-electron chi connectivity index (χ1n) is 13.6. The van der Waals surface area contributed by atoms with Crippen molar-refractivity contribution in [2.24, 2.45) is 4.99 Å². The third kappa shape index (κ3) is 6.78. The van der Waals surface area contributed by atoms with Gasteiger partial charge in [0.15, 0.2) is 5.88 Å². The van der Waals surface area contributed by atoms with Crippen LogP contribution in [0.1, 0.15) is 50.3 Å². The van der Waals surface area contributed by atoms with Crippen molar-refractivity contribution >= 4 is 51.5 Å². The standard InChI is InChI=1S/C32H33ClN4O4/c1-32(2,3)41-28(39)19-34-18-20-6-11-23(12-7-20)35-30(29-25-15-10-22(33)17-26(25)36-31(29)40)21-8-13-24(14-9-21)37-16-4-5-27(37)38/h6-15,17,34,36,40H,4-5,16,18-19H2,1-3H3. The molecule has 1 amide bonds. The Balaban J connectivity index is 1.43. The fourth-order valence-electron chi connectivity index (χ4n) is 4.88. The number of hydrogen-bond acceptors (Lipinski definition) is 6. The van der Waals surface area contributed by atoms with Gasteiger partial charge in [-0.05, 0) is 69.2 Å². The van der Waals surface area contributed by atoms with Gasteiger partial charge in [0.25, 0.3) is 0 Å². The Morgan fingerprint density at radius 3 is 2.49 bits per heavy atom. The van der Waals surface area contributed by atoms with Crippen LogP contribution in [0.5, 0.6) is 5.88 Å². The van der Waals surface area contributed by atoms with E-state index < -0.39 is 5.60 Å². The lowest BCUT2D eigenvalue weighted by molar-refractivity contribution is -0.153. The highest BCUT2D eigenvalue weighted by Gasteiger charge is 2.23. The topological polar surface area (TPSA) is 107 Å². The summed E-state index contributed by atoms with van der Waals surface area (Å²) in [6.07, 6.45) is 1.42. The number of ether oxygens (including phenoxy) is 1. The zero-order valence-corrected chi connectivity index (χ0v) is 24.1.